The molecule has 0 aromatic heterocycles. The van der Waals surface area contributed by atoms with Gasteiger partial charge in [0.1, 0.15) is 11.4 Å². The molecule has 1 aromatic carbocycles. The maximum absolute atomic E-state index is 13.3. The molecule has 0 aliphatic heterocycles. The van der Waals surface area contributed by atoms with Crippen LogP contribution in [0.15, 0.2) is 30.3 Å². The molecule has 19 heavy (non-hydrogen) atoms. The number of likely N-dealkylation sites (N-methyl/N-ethyl adjacent to an activating group) is 1. The van der Waals surface area contributed by atoms with Crippen molar-refractivity contribution in [2.75, 3.05) is 7.05 Å². The van der Waals surface area contributed by atoms with Crippen LogP contribution in [0.3, 0.4) is 0 Å². The normalized spacial score (nSPS) is 11.6. The molecule has 0 saturated heterocycles. The predicted octanol–water partition coefficient (Wildman–Crippen LogP) is 2.16. The minimum absolute atomic E-state index is 0.275. The zero-order chi connectivity index (χ0) is 14.6. The van der Waals surface area contributed by atoms with Crippen LogP contribution in [0.1, 0.15) is 19.4 Å². The Labute approximate surface area is 111 Å². The summed E-state index contributed by atoms with van der Waals surface area (Å²) in [6.45, 7) is 2.84. The molecule has 1 aromatic rings. The number of carboxylic acid groups (broad SMARTS) is 1. The summed E-state index contributed by atoms with van der Waals surface area (Å²) in [6, 6.07) is 6.02. The standard InChI is InChI=1S/C14H16FNO3/c1-14(2,13(18)19)16(3)12(17)9-8-10-6-4-5-7-11(10)15/h4-9H,1-3H3,(H,18,19). The van der Waals surface area contributed by atoms with Crippen LogP contribution in [0.5, 0.6) is 0 Å². The van der Waals surface area contributed by atoms with Crippen LogP contribution in [0.4, 0.5) is 4.39 Å². The lowest BCUT2D eigenvalue weighted by Gasteiger charge is -2.30. The lowest BCUT2D eigenvalue weighted by Crippen LogP contribution is -2.50. The van der Waals surface area contributed by atoms with Crippen molar-refractivity contribution in [1.29, 1.82) is 0 Å². The van der Waals surface area contributed by atoms with Gasteiger partial charge in [-0.1, -0.05) is 18.2 Å². The quantitative estimate of drug-likeness (QED) is 0.849. The molecule has 5 heteroatoms. The molecular formula is C14H16FNO3. The Morgan fingerprint density at radius 2 is 1.89 bits per heavy atom. The molecule has 0 aliphatic rings. The van der Waals surface area contributed by atoms with Gasteiger partial charge in [0.2, 0.25) is 5.91 Å². The van der Waals surface area contributed by atoms with E-state index < -0.39 is 23.2 Å². The highest BCUT2D eigenvalue weighted by Gasteiger charge is 2.34. The number of nitrogens with zero attached hydrogens (tertiary/aromatic N) is 1. The molecule has 0 heterocycles. The first-order valence-electron chi connectivity index (χ1n) is 5.70. The number of carbonyl (C=O) groups excluding carboxylic acids is 1. The lowest BCUT2D eigenvalue weighted by atomic mass is 10.0. The number of carboxylic acids is 1. The zero-order valence-corrected chi connectivity index (χ0v) is 11.1. The van der Waals surface area contributed by atoms with Crippen molar-refractivity contribution >= 4 is 18.0 Å². The average Bonchev–Trinajstić information content (AvgIpc) is 2.36. The van der Waals surface area contributed by atoms with Gasteiger partial charge in [-0.25, -0.2) is 9.18 Å². The van der Waals surface area contributed by atoms with Gasteiger partial charge in [0.15, 0.2) is 0 Å². The fraction of sp³-hybridized carbons (Fsp3) is 0.286. The number of benzene rings is 1. The van der Waals surface area contributed by atoms with E-state index in [0.717, 1.165) is 11.0 Å². The first kappa shape index (κ1) is 14.9. The van der Waals surface area contributed by atoms with E-state index in [1.807, 2.05) is 0 Å². The van der Waals surface area contributed by atoms with Gasteiger partial charge in [-0.05, 0) is 26.0 Å². The topological polar surface area (TPSA) is 57.6 Å². The fourth-order valence-corrected chi connectivity index (χ4v) is 1.30. The largest absolute Gasteiger partial charge is 0.480 e. The third-order valence-electron chi connectivity index (χ3n) is 3.00. The first-order valence-corrected chi connectivity index (χ1v) is 5.70. The average molecular weight is 265 g/mol. The Kier molecular flexibility index (Phi) is 4.43. The Balaban J connectivity index is 2.86. The molecular weight excluding hydrogens is 249 g/mol. The molecule has 1 N–H and O–H groups in total. The Bertz CT molecular complexity index is 523. The van der Waals surface area contributed by atoms with Gasteiger partial charge in [0.05, 0.1) is 0 Å². The van der Waals surface area contributed by atoms with Crippen molar-refractivity contribution in [1.82, 2.24) is 4.90 Å². The van der Waals surface area contributed by atoms with Crippen LogP contribution in [0, 0.1) is 5.82 Å². The Morgan fingerprint density at radius 3 is 2.42 bits per heavy atom. The SMILES string of the molecule is CN(C(=O)C=Cc1ccccc1F)C(C)(C)C(=O)O. The molecule has 1 amide bonds. The van der Waals surface area contributed by atoms with E-state index in [1.165, 1.54) is 39.1 Å². The second kappa shape index (κ2) is 5.65. The van der Waals surface area contributed by atoms with Gasteiger partial charge < -0.3 is 10.0 Å². The minimum Gasteiger partial charge on any atom is -0.480 e. The molecule has 1 rings (SSSR count). The summed E-state index contributed by atoms with van der Waals surface area (Å²) >= 11 is 0. The van der Waals surface area contributed by atoms with Crippen LogP contribution >= 0.6 is 0 Å². The van der Waals surface area contributed by atoms with E-state index in [2.05, 4.69) is 0 Å². The number of halogens is 1. The molecule has 4 nitrogen and oxygen atoms in total. The monoisotopic (exact) mass is 265 g/mol. The van der Waals surface area contributed by atoms with E-state index in [4.69, 9.17) is 5.11 Å². The van der Waals surface area contributed by atoms with Crippen molar-refractivity contribution in [3.63, 3.8) is 0 Å². The van der Waals surface area contributed by atoms with E-state index >= 15 is 0 Å². The summed E-state index contributed by atoms with van der Waals surface area (Å²) in [5.41, 5.74) is -1.05. The van der Waals surface area contributed by atoms with Crippen molar-refractivity contribution in [2.45, 2.75) is 19.4 Å². The summed E-state index contributed by atoms with van der Waals surface area (Å²) in [7, 11) is 1.39. The summed E-state index contributed by atoms with van der Waals surface area (Å²) < 4.78 is 13.3. The molecule has 0 atom stereocenters. The molecule has 0 radical (unpaired) electrons. The number of carbonyl (C=O) groups is 2. The smallest absolute Gasteiger partial charge is 0.329 e. The maximum atomic E-state index is 13.3. The fourth-order valence-electron chi connectivity index (χ4n) is 1.30. The highest BCUT2D eigenvalue weighted by Crippen LogP contribution is 2.14. The second-order valence-electron chi connectivity index (χ2n) is 4.62. The van der Waals surface area contributed by atoms with Gasteiger partial charge in [-0.15, -0.1) is 0 Å². The van der Waals surface area contributed by atoms with Crippen molar-refractivity contribution < 1.29 is 19.1 Å². The summed E-state index contributed by atoms with van der Waals surface area (Å²) in [5, 5.41) is 9.01. The zero-order valence-electron chi connectivity index (χ0n) is 11.1. The third-order valence-corrected chi connectivity index (χ3v) is 3.00. The van der Waals surface area contributed by atoms with Crippen LogP contribution in [-0.2, 0) is 9.59 Å². The number of rotatable bonds is 4. The molecule has 0 spiro atoms. The second-order valence-corrected chi connectivity index (χ2v) is 4.62. The van der Waals surface area contributed by atoms with Crippen molar-refractivity contribution in [2.24, 2.45) is 0 Å². The highest BCUT2D eigenvalue weighted by atomic mass is 19.1. The molecule has 102 valence electrons. The molecule has 0 fully saturated rings. The van der Waals surface area contributed by atoms with Crippen LogP contribution in [0.2, 0.25) is 0 Å². The minimum atomic E-state index is -1.32. The molecule has 0 aliphatic carbocycles. The molecule has 0 unspecified atom stereocenters. The number of hydrogen-bond donors (Lipinski definition) is 1. The number of aliphatic carboxylic acids is 1. The summed E-state index contributed by atoms with van der Waals surface area (Å²) in [6.07, 6.45) is 2.48. The van der Waals surface area contributed by atoms with Crippen LogP contribution < -0.4 is 0 Å². The van der Waals surface area contributed by atoms with Crippen molar-refractivity contribution in [3.8, 4) is 0 Å². The van der Waals surface area contributed by atoms with E-state index in [0.29, 0.717) is 0 Å². The Morgan fingerprint density at radius 1 is 1.32 bits per heavy atom. The van der Waals surface area contributed by atoms with Crippen LogP contribution in [-0.4, -0.2) is 34.5 Å². The lowest BCUT2D eigenvalue weighted by molar-refractivity contribution is -0.153. The summed E-state index contributed by atoms with van der Waals surface area (Å²) in [4.78, 5) is 23.9. The number of hydrogen-bond acceptors (Lipinski definition) is 2. The highest BCUT2D eigenvalue weighted by molar-refractivity contribution is 5.95. The van der Waals surface area contributed by atoms with Gasteiger partial charge in [0.25, 0.3) is 0 Å². The van der Waals surface area contributed by atoms with Gasteiger partial charge in [-0.2, -0.15) is 0 Å². The van der Waals surface area contributed by atoms with Gasteiger partial charge in [-0.3, -0.25) is 4.79 Å². The van der Waals surface area contributed by atoms with Gasteiger partial charge in [0, 0.05) is 18.7 Å². The van der Waals surface area contributed by atoms with Gasteiger partial charge >= 0.3 is 5.97 Å². The van der Waals surface area contributed by atoms with E-state index in [-0.39, 0.29) is 5.56 Å². The molecule has 0 saturated carbocycles. The van der Waals surface area contributed by atoms with E-state index in [1.54, 1.807) is 12.1 Å². The first-order chi connectivity index (χ1) is 8.76. The number of amides is 1. The van der Waals surface area contributed by atoms with Crippen LogP contribution in [0.25, 0.3) is 6.08 Å². The van der Waals surface area contributed by atoms with E-state index in [9.17, 15) is 14.0 Å². The molecule has 0 bridgehead atoms. The third kappa shape index (κ3) is 3.40. The predicted molar refractivity (Wildman–Crippen MR) is 69.9 cm³/mol. The maximum Gasteiger partial charge on any atom is 0.329 e. The van der Waals surface area contributed by atoms with Crippen molar-refractivity contribution in [3.05, 3.63) is 41.7 Å². The summed E-state index contributed by atoms with van der Waals surface area (Å²) in [5.74, 6) is -2.05. The Hall–Kier alpha value is -2.17.